The summed E-state index contributed by atoms with van der Waals surface area (Å²) in [6, 6.07) is 3.60. The minimum absolute atomic E-state index is 0.237. The van der Waals surface area contributed by atoms with Crippen LogP contribution >= 0.6 is 11.6 Å². The van der Waals surface area contributed by atoms with Gasteiger partial charge in [-0.3, -0.25) is 4.90 Å². The molecule has 2 aliphatic rings. The van der Waals surface area contributed by atoms with E-state index >= 15 is 0 Å². The third-order valence-electron chi connectivity index (χ3n) is 4.17. The minimum atomic E-state index is -0.948. The number of carboxylic acid groups (broad SMARTS) is 1. The zero-order valence-electron chi connectivity index (χ0n) is 11.3. The lowest BCUT2D eigenvalue weighted by Crippen LogP contribution is -2.37. The summed E-state index contributed by atoms with van der Waals surface area (Å²) in [6.07, 6.45) is 3.44. The first kappa shape index (κ1) is 13.6. The molecule has 1 unspecified atom stereocenters. The number of halogens is 1. The van der Waals surface area contributed by atoms with Gasteiger partial charge >= 0.3 is 5.97 Å². The minimum Gasteiger partial charge on any atom is -0.478 e. The Balaban J connectivity index is 1.91. The number of aromatic carboxylic acids is 1. The van der Waals surface area contributed by atoms with Gasteiger partial charge in [0.05, 0.1) is 0 Å². The van der Waals surface area contributed by atoms with Gasteiger partial charge in [0.15, 0.2) is 0 Å². The lowest BCUT2D eigenvalue weighted by molar-refractivity contribution is 0.0697. The maximum Gasteiger partial charge on any atom is 0.339 e. The van der Waals surface area contributed by atoms with Crippen molar-refractivity contribution in [1.29, 1.82) is 0 Å². The summed E-state index contributed by atoms with van der Waals surface area (Å²) < 4.78 is 0. The molecule has 0 aromatic carbocycles. The van der Waals surface area contributed by atoms with E-state index in [0.717, 1.165) is 32.6 Å². The number of hydrogen-bond donors (Lipinski definition) is 1. The molecule has 6 heteroatoms. The molecule has 0 amide bonds. The molecule has 3 rings (SSSR count). The zero-order chi connectivity index (χ0) is 14.1. The van der Waals surface area contributed by atoms with Crippen LogP contribution in [0.25, 0.3) is 0 Å². The molecule has 2 aliphatic heterocycles. The number of pyridine rings is 1. The van der Waals surface area contributed by atoms with Gasteiger partial charge < -0.3 is 10.0 Å². The number of anilines is 1. The molecule has 2 saturated heterocycles. The smallest absolute Gasteiger partial charge is 0.339 e. The summed E-state index contributed by atoms with van der Waals surface area (Å²) in [4.78, 5) is 20.2. The first-order chi connectivity index (χ1) is 9.65. The summed E-state index contributed by atoms with van der Waals surface area (Å²) >= 11 is 5.95. The number of carbonyl (C=O) groups is 1. The molecule has 0 bridgehead atoms. The second-order valence-corrected chi connectivity index (χ2v) is 5.83. The van der Waals surface area contributed by atoms with Crippen molar-refractivity contribution in [3.05, 3.63) is 22.8 Å². The topological polar surface area (TPSA) is 56.7 Å². The van der Waals surface area contributed by atoms with Gasteiger partial charge in [-0.15, -0.1) is 0 Å². The van der Waals surface area contributed by atoms with Gasteiger partial charge in [0.2, 0.25) is 0 Å². The van der Waals surface area contributed by atoms with Crippen LogP contribution in [0.2, 0.25) is 5.15 Å². The van der Waals surface area contributed by atoms with Crippen LogP contribution in [0.4, 0.5) is 5.82 Å². The molecule has 0 saturated carbocycles. The van der Waals surface area contributed by atoms with E-state index in [9.17, 15) is 9.90 Å². The van der Waals surface area contributed by atoms with Crippen molar-refractivity contribution in [1.82, 2.24) is 9.88 Å². The fourth-order valence-corrected chi connectivity index (χ4v) is 3.38. The SMILES string of the molecule is O=C(O)c1ccc(Cl)nc1N1CCCN2CCCC2C1. The molecule has 5 nitrogen and oxygen atoms in total. The van der Waals surface area contributed by atoms with E-state index in [0.29, 0.717) is 17.0 Å². The third kappa shape index (κ3) is 2.60. The van der Waals surface area contributed by atoms with E-state index in [2.05, 4.69) is 14.8 Å². The maximum atomic E-state index is 11.4. The molecule has 1 atom stereocenters. The molecule has 1 aromatic rings. The van der Waals surface area contributed by atoms with Crippen molar-refractivity contribution < 1.29 is 9.90 Å². The Morgan fingerprint density at radius 1 is 1.30 bits per heavy atom. The number of nitrogens with zero attached hydrogens (tertiary/aromatic N) is 3. The Labute approximate surface area is 123 Å². The summed E-state index contributed by atoms with van der Waals surface area (Å²) in [5.74, 6) is -0.435. The second-order valence-electron chi connectivity index (χ2n) is 5.44. The molecular weight excluding hydrogens is 278 g/mol. The maximum absolute atomic E-state index is 11.4. The van der Waals surface area contributed by atoms with E-state index < -0.39 is 5.97 Å². The van der Waals surface area contributed by atoms with E-state index in [1.165, 1.54) is 18.9 Å². The molecule has 108 valence electrons. The first-order valence-corrected chi connectivity index (χ1v) is 7.42. The van der Waals surface area contributed by atoms with Crippen LogP contribution in [0.3, 0.4) is 0 Å². The highest BCUT2D eigenvalue weighted by atomic mass is 35.5. The van der Waals surface area contributed by atoms with Crippen LogP contribution in [-0.2, 0) is 0 Å². The van der Waals surface area contributed by atoms with Crippen LogP contribution in [-0.4, -0.2) is 53.2 Å². The summed E-state index contributed by atoms with van der Waals surface area (Å²) in [7, 11) is 0. The van der Waals surface area contributed by atoms with Crippen LogP contribution in [0, 0.1) is 0 Å². The molecule has 0 aliphatic carbocycles. The molecule has 20 heavy (non-hydrogen) atoms. The van der Waals surface area contributed by atoms with Crippen LogP contribution in [0.5, 0.6) is 0 Å². The normalized spacial score (nSPS) is 23.4. The largest absolute Gasteiger partial charge is 0.478 e. The number of hydrogen-bond acceptors (Lipinski definition) is 4. The highest BCUT2D eigenvalue weighted by Gasteiger charge is 2.30. The summed E-state index contributed by atoms with van der Waals surface area (Å²) in [5, 5.41) is 9.67. The number of fused-ring (bicyclic) bond motifs is 1. The van der Waals surface area contributed by atoms with E-state index in [1.54, 1.807) is 6.07 Å². The Morgan fingerprint density at radius 3 is 2.90 bits per heavy atom. The average molecular weight is 296 g/mol. The van der Waals surface area contributed by atoms with Crippen LogP contribution in [0.15, 0.2) is 12.1 Å². The van der Waals surface area contributed by atoms with Crippen molar-refractivity contribution in [3.8, 4) is 0 Å². The van der Waals surface area contributed by atoms with E-state index in [4.69, 9.17) is 11.6 Å². The van der Waals surface area contributed by atoms with Gasteiger partial charge in [-0.25, -0.2) is 9.78 Å². The predicted octanol–water partition coefficient (Wildman–Crippen LogP) is 2.11. The monoisotopic (exact) mass is 295 g/mol. The molecule has 1 aromatic heterocycles. The number of aromatic nitrogens is 1. The lowest BCUT2D eigenvalue weighted by Gasteiger charge is -2.27. The van der Waals surface area contributed by atoms with Crippen LogP contribution in [0.1, 0.15) is 29.6 Å². The zero-order valence-corrected chi connectivity index (χ0v) is 12.0. The lowest BCUT2D eigenvalue weighted by atomic mass is 10.2. The highest BCUT2D eigenvalue weighted by Crippen LogP contribution is 2.27. The van der Waals surface area contributed by atoms with Crippen molar-refractivity contribution >= 4 is 23.4 Å². The van der Waals surface area contributed by atoms with Gasteiger partial charge in [-0.05, 0) is 37.9 Å². The van der Waals surface area contributed by atoms with Crippen molar-refractivity contribution in [2.45, 2.75) is 25.3 Å². The standard InChI is InChI=1S/C14H18ClN3O2/c15-12-5-4-11(14(19)20)13(16-12)18-8-2-7-17-6-1-3-10(17)9-18/h4-5,10H,1-3,6-9H2,(H,19,20). The number of carboxylic acids is 1. The van der Waals surface area contributed by atoms with Crippen molar-refractivity contribution in [2.24, 2.45) is 0 Å². The Bertz CT molecular complexity index is 523. The fourth-order valence-electron chi connectivity index (χ4n) is 3.23. The number of rotatable bonds is 2. The van der Waals surface area contributed by atoms with Gasteiger partial charge in [0.25, 0.3) is 0 Å². The molecule has 1 N–H and O–H groups in total. The Kier molecular flexibility index (Phi) is 3.81. The summed E-state index contributed by atoms with van der Waals surface area (Å²) in [6.45, 7) is 3.92. The van der Waals surface area contributed by atoms with E-state index in [1.807, 2.05) is 0 Å². The average Bonchev–Trinajstić information content (AvgIpc) is 2.75. The fraction of sp³-hybridized carbons (Fsp3) is 0.571. The van der Waals surface area contributed by atoms with Gasteiger partial charge in [0.1, 0.15) is 16.5 Å². The molecule has 0 spiro atoms. The molecule has 0 radical (unpaired) electrons. The van der Waals surface area contributed by atoms with Crippen molar-refractivity contribution in [3.63, 3.8) is 0 Å². The third-order valence-corrected chi connectivity index (χ3v) is 4.39. The molecule has 3 heterocycles. The van der Waals surface area contributed by atoms with E-state index in [-0.39, 0.29) is 5.56 Å². The quantitative estimate of drug-likeness (QED) is 0.847. The second kappa shape index (κ2) is 5.58. The predicted molar refractivity (Wildman–Crippen MR) is 77.6 cm³/mol. The Hall–Kier alpha value is -1.33. The Morgan fingerprint density at radius 2 is 2.10 bits per heavy atom. The van der Waals surface area contributed by atoms with Gasteiger partial charge in [-0.1, -0.05) is 11.6 Å². The highest BCUT2D eigenvalue weighted by molar-refractivity contribution is 6.29. The van der Waals surface area contributed by atoms with Crippen molar-refractivity contribution in [2.75, 3.05) is 31.1 Å². The van der Waals surface area contributed by atoms with Gasteiger partial charge in [-0.2, -0.15) is 0 Å². The molecular formula is C14H18ClN3O2. The first-order valence-electron chi connectivity index (χ1n) is 7.04. The van der Waals surface area contributed by atoms with Gasteiger partial charge in [0, 0.05) is 25.7 Å². The summed E-state index contributed by atoms with van der Waals surface area (Å²) in [5.41, 5.74) is 0.237. The van der Waals surface area contributed by atoms with Crippen LogP contribution < -0.4 is 4.90 Å². The molecule has 2 fully saturated rings.